The molecule has 0 bridgehead atoms. The Bertz CT molecular complexity index is 731. The fourth-order valence-corrected chi connectivity index (χ4v) is 3.33. The van der Waals surface area contributed by atoms with Crippen molar-refractivity contribution >= 4 is 28.7 Å². The van der Waals surface area contributed by atoms with Crippen molar-refractivity contribution in [1.29, 1.82) is 0 Å². The third-order valence-corrected chi connectivity index (χ3v) is 4.58. The molecule has 0 spiro atoms. The van der Waals surface area contributed by atoms with Gasteiger partial charge in [-0.3, -0.25) is 10.1 Å². The number of allylic oxidation sites excluding steroid dienone is 1. The Balaban J connectivity index is 2.28. The largest absolute Gasteiger partial charge is 0.344 e. The van der Waals surface area contributed by atoms with Crippen molar-refractivity contribution in [3.05, 3.63) is 45.3 Å². The van der Waals surface area contributed by atoms with E-state index in [1.54, 1.807) is 24.8 Å². The summed E-state index contributed by atoms with van der Waals surface area (Å²) in [5.41, 5.74) is 3.65. The van der Waals surface area contributed by atoms with Crippen LogP contribution in [-0.4, -0.2) is 15.7 Å². The highest BCUT2D eigenvalue weighted by Gasteiger charge is 2.21. The summed E-state index contributed by atoms with van der Waals surface area (Å²) >= 11 is 1.69. The third-order valence-electron chi connectivity index (χ3n) is 3.86. The first-order valence-electron chi connectivity index (χ1n) is 6.63. The van der Waals surface area contributed by atoms with E-state index in [-0.39, 0.29) is 10.6 Å². The zero-order chi connectivity index (χ0) is 14.3. The van der Waals surface area contributed by atoms with Gasteiger partial charge in [0, 0.05) is 46.6 Å². The van der Waals surface area contributed by atoms with Gasteiger partial charge in [0.15, 0.2) is 0 Å². The van der Waals surface area contributed by atoms with E-state index in [1.807, 2.05) is 6.26 Å². The van der Waals surface area contributed by atoms with Crippen LogP contribution in [0.1, 0.15) is 24.6 Å². The molecule has 0 N–H and O–H groups in total. The average Bonchev–Trinajstić information content (AvgIpc) is 3.01. The molecule has 0 unspecified atom stereocenters. The molecule has 2 aromatic rings. The van der Waals surface area contributed by atoms with Gasteiger partial charge in [0.05, 0.1) is 4.92 Å². The van der Waals surface area contributed by atoms with Gasteiger partial charge in [-0.2, -0.15) is 0 Å². The molecule has 0 amide bonds. The maximum Gasteiger partial charge on any atom is 0.243 e. The molecule has 0 aliphatic carbocycles. The SMILES string of the molecule is CSc1ccc2c(c1)c(C=C(C)[N+](=O)[O-])c1n2CCC1. The van der Waals surface area contributed by atoms with E-state index in [9.17, 15) is 10.1 Å². The summed E-state index contributed by atoms with van der Waals surface area (Å²) in [4.78, 5) is 11.8. The summed E-state index contributed by atoms with van der Waals surface area (Å²) in [5, 5.41) is 12.0. The van der Waals surface area contributed by atoms with Gasteiger partial charge in [-0.05, 0) is 37.3 Å². The number of nitro groups is 1. The lowest BCUT2D eigenvalue weighted by molar-refractivity contribution is -0.422. The molecule has 2 heterocycles. The van der Waals surface area contributed by atoms with Gasteiger partial charge < -0.3 is 4.57 Å². The predicted octanol–water partition coefficient (Wildman–Crippen LogP) is 3.95. The topological polar surface area (TPSA) is 48.1 Å². The molecular weight excluding hydrogens is 272 g/mol. The maximum atomic E-state index is 10.9. The maximum absolute atomic E-state index is 10.9. The first-order valence-corrected chi connectivity index (χ1v) is 7.86. The van der Waals surface area contributed by atoms with E-state index in [0.717, 1.165) is 30.3 Å². The van der Waals surface area contributed by atoms with Crippen LogP contribution in [0.25, 0.3) is 17.0 Å². The minimum atomic E-state index is -0.316. The number of hydrogen-bond acceptors (Lipinski definition) is 3. The van der Waals surface area contributed by atoms with Crippen LogP contribution in [0, 0.1) is 10.1 Å². The molecule has 0 radical (unpaired) electrons. The molecule has 1 aliphatic heterocycles. The van der Waals surface area contributed by atoms with E-state index < -0.39 is 0 Å². The van der Waals surface area contributed by atoms with E-state index in [0.29, 0.717) is 0 Å². The minimum Gasteiger partial charge on any atom is -0.344 e. The molecule has 5 heteroatoms. The second-order valence-corrected chi connectivity index (χ2v) is 5.92. The Morgan fingerprint density at radius 2 is 2.30 bits per heavy atom. The Hall–Kier alpha value is -1.75. The lowest BCUT2D eigenvalue weighted by Gasteiger charge is -2.01. The summed E-state index contributed by atoms with van der Waals surface area (Å²) < 4.78 is 2.30. The summed E-state index contributed by atoms with van der Waals surface area (Å²) in [6.07, 6.45) is 5.89. The van der Waals surface area contributed by atoms with Gasteiger partial charge in [-0.1, -0.05) is 0 Å². The van der Waals surface area contributed by atoms with Crippen LogP contribution in [0.4, 0.5) is 0 Å². The number of aryl methyl sites for hydroxylation is 1. The van der Waals surface area contributed by atoms with E-state index in [2.05, 4.69) is 22.8 Å². The molecule has 0 fully saturated rings. The van der Waals surface area contributed by atoms with Crippen LogP contribution in [0.5, 0.6) is 0 Å². The van der Waals surface area contributed by atoms with Gasteiger partial charge in [0.1, 0.15) is 0 Å². The number of thioether (sulfide) groups is 1. The quantitative estimate of drug-likeness (QED) is 0.488. The van der Waals surface area contributed by atoms with Gasteiger partial charge >= 0.3 is 0 Å². The monoisotopic (exact) mass is 288 g/mol. The molecule has 20 heavy (non-hydrogen) atoms. The zero-order valence-corrected chi connectivity index (χ0v) is 12.4. The molecule has 4 nitrogen and oxygen atoms in total. The minimum absolute atomic E-state index is 0.196. The highest BCUT2D eigenvalue weighted by molar-refractivity contribution is 7.98. The van der Waals surface area contributed by atoms with Gasteiger partial charge in [-0.15, -0.1) is 11.8 Å². The number of nitrogens with zero attached hydrogens (tertiary/aromatic N) is 2. The highest BCUT2D eigenvalue weighted by atomic mass is 32.2. The second-order valence-electron chi connectivity index (χ2n) is 5.04. The van der Waals surface area contributed by atoms with Crippen molar-refractivity contribution in [3.8, 4) is 0 Å². The molecule has 1 aliphatic rings. The predicted molar refractivity (Wildman–Crippen MR) is 82.7 cm³/mol. The van der Waals surface area contributed by atoms with Crippen molar-refractivity contribution in [2.45, 2.75) is 31.2 Å². The fraction of sp³-hybridized carbons (Fsp3) is 0.333. The van der Waals surface area contributed by atoms with Crippen LogP contribution in [0.3, 0.4) is 0 Å². The highest BCUT2D eigenvalue weighted by Crippen LogP contribution is 2.35. The van der Waals surface area contributed by atoms with Crippen LogP contribution in [-0.2, 0) is 13.0 Å². The molecule has 0 atom stereocenters. The number of aromatic nitrogens is 1. The molecule has 1 aromatic carbocycles. The summed E-state index contributed by atoms with van der Waals surface area (Å²) in [6, 6.07) is 6.39. The third kappa shape index (κ3) is 2.02. The Kier molecular flexibility index (Phi) is 3.30. The van der Waals surface area contributed by atoms with Crippen molar-refractivity contribution in [2.24, 2.45) is 0 Å². The number of benzene rings is 1. The lowest BCUT2D eigenvalue weighted by atomic mass is 10.1. The van der Waals surface area contributed by atoms with Crippen LogP contribution < -0.4 is 0 Å². The Labute approximate surface area is 121 Å². The van der Waals surface area contributed by atoms with E-state index >= 15 is 0 Å². The van der Waals surface area contributed by atoms with Crippen molar-refractivity contribution in [1.82, 2.24) is 4.57 Å². The molecule has 0 saturated carbocycles. The number of rotatable bonds is 3. The molecule has 104 valence electrons. The first-order chi connectivity index (χ1) is 9.61. The summed E-state index contributed by atoms with van der Waals surface area (Å²) in [5.74, 6) is 0. The van der Waals surface area contributed by atoms with Crippen LogP contribution in [0.2, 0.25) is 0 Å². The average molecular weight is 288 g/mol. The number of fused-ring (bicyclic) bond motifs is 3. The molecular formula is C15H16N2O2S. The van der Waals surface area contributed by atoms with Crippen molar-refractivity contribution < 1.29 is 4.92 Å². The lowest BCUT2D eigenvalue weighted by Crippen LogP contribution is -1.94. The Morgan fingerprint density at radius 3 is 3.00 bits per heavy atom. The first kappa shape index (κ1) is 13.2. The van der Waals surface area contributed by atoms with Gasteiger partial charge in [0.25, 0.3) is 0 Å². The fourth-order valence-electron chi connectivity index (χ4n) is 2.89. The van der Waals surface area contributed by atoms with Crippen LogP contribution >= 0.6 is 11.8 Å². The van der Waals surface area contributed by atoms with E-state index in [4.69, 9.17) is 0 Å². The van der Waals surface area contributed by atoms with Crippen LogP contribution in [0.15, 0.2) is 28.8 Å². The normalized spacial score (nSPS) is 14.8. The molecule has 3 rings (SSSR count). The van der Waals surface area contributed by atoms with Crippen molar-refractivity contribution in [2.75, 3.05) is 6.26 Å². The second kappa shape index (κ2) is 4.98. The van der Waals surface area contributed by atoms with Crippen molar-refractivity contribution in [3.63, 3.8) is 0 Å². The van der Waals surface area contributed by atoms with Gasteiger partial charge in [-0.25, -0.2) is 0 Å². The smallest absolute Gasteiger partial charge is 0.243 e. The standard InChI is InChI=1S/C15H16N2O2S/c1-10(17(18)19)8-12-13-9-11(20-2)5-6-15(13)16-7-3-4-14(12)16/h5-6,8-9H,3-4,7H2,1-2H3. The zero-order valence-electron chi connectivity index (χ0n) is 11.5. The Morgan fingerprint density at radius 1 is 1.50 bits per heavy atom. The number of hydrogen-bond donors (Lipinski definition) is 0. The molecule has 1 aromatic heterocycles. The summed E-state index contributed by atoms with van der Waals surface area (Å²) in [7, 11) is 0. The summed E-state index contributed by atoms with van der Waals surface area (Å²) in [6.45, 7) is 2.57. The van der Waals surface area contributed by atoms with Gasteiger partial charge in [0.2, 0.25) is 5.70 Å². The molecule has 0 saturated heterocycles. The van der Waals surface area contributed by atoms with E-state index in [1.165, 1.54) is 16.1 Å².